The third-order valence-electron chi connectivity index (χ3n) is 3.82. The second-order valence-corrected chi connectivity index (χ2v) is 5.15. The lowest BCUT2D eigenvalue weighted by Gasteiger charge is -2.32. The van der Waals surface area contributed by atoms with Crippen molar-refractivity contribution in [2.75, 3.05) is 42.5 Å². The van der Waals surface area contributed by atoms with Crippen LogP contribution >= 0.6 is 0 Å². The fraction of sp³-hybridized carbons (Fsp3) is 0.400. The van der Waals surface area contributed by atoms with Gasteiger partial charge in [0, 0.05) is 50.5 Å². The van der Waals surface area contributed by atoms with Crippen LogP contribution in [0.2, 0.25) is 0 Å². The summed E-state index contributed by atoms with van der Waals surface area (Å²) in [5, 5.41) is 6.14. The summed E-state index contributed by atoms with van der Waals surface area (Å²) in [5.74, 6) is 0.708. The molecule has 0 atom stereocenters. The molecule has 2 N–H and O–H groups in total. The van der Waals surface area contributed by atoms with Gasteiger partial charge in [0.25, 0.3) is 0 Å². The van der Waals surface area contributed by atoms with Crippen molar-refractivity contribution in [2.24, 2.45) is 0 Å². The van der Waals surface area contributed by atoms with E-state index in [1.54, 1.807) is 0 Å². The van der Waals surface area contributed by atoms with Crippen molar-refractivity contribution in [3.05, 3.63) is 36.7 Å². The van der Waals surface area contributed by atoms with Crippen LogP contribution < -0.4 is 20.4 Å². The van der Waals surface area contributed by atoms with Crippen LogP contribution in [0.3, 0.4) is 0 Å². The lowest BCUT2D eigenvalue weighted by Crippen LogP contribution is -2.43. The van der Waals surface area contributed by atoms with Crippen LogP contribution in [-0.2, 0) is 4.79 Å². The maximum absolute atomic E-state index is 11.3. The first-order chi connectivity index (χ1) is 9.74. The molecule has 1 amide bonds. The Morgan fingerprint density at radius 3 is 2.30 bits per heavy atom. The molecule has 5 heteroatoms. The maximum Gasteiger partial charge on any atom is 0.227 e. The van der Waals surface area contributed by atoms with Gasteiger partial charge in [0.15, 0.2) is 0 Å². The van der Waals surface area contributed by atoms with Gasteiger partial charge in [0.05, 0.1) is 0 Å². The van der Waals surface area contributed by atoms with E-state index in [0.29, 0.717) is 18.8 Å². The minimum Gasteiger partial charge on any atom is -0.369 e. The zero-order valence-electron chi connectivity index (χ0n) is 11.6. The molecular formula is C15H20N4O. The van der Waals surface area contributed by atoms with Crippen molar-refractivity contribution in [3.8, 4) is 0 Å². The van der Waals surface area contributed by atoms with E-state index in [-0.39, 0.29) is 5.91 Å². The van der Waals surface area contributed by atoms with Crippen molar-refractivity contribution >= 4 is 17.3 Å². The molecule has 0 aliphatic carbocycles. The number of rotatable bonds is 2. The summed E-state index contributed by atoms with van der Waals surface area (Å²) in [6.07, 6.45) is 0.512. The third kappa shape index (κ3) is 2.63. The minimum absolute atomic E-state index is 0.0451. The van der Waals surface area contributed by atoms with Crippen LogP contribution in [0.15, 0.2) is 36.7 Å². The number of benzene rings is 1. The summed E-state index contributed by atoms with van der Waals surface area (Å²) in [6.45, 7) is 8.77. The molecule has 20 heavy (non-hydrogen) atoms. The Morgan fingerprint density at radius 2 is 1.65 bits per heavy atom. The fourth-order valence-electron chi connectivity index (χ4n) is 2.69. The van der Waals surface area contributed by atoms with Crippen molar-refractivity contribution in [2.45, 2.75) is 6.42 Å². The molecule has 3 rings (SSSR count). The van der Waals surface area contributed by atoms with Gasteiger partial charge in [-0.25, -0.2) is 0 Å². The Kier molecular flexibility index (Phi) is 3.60. The largest absolute Gasteiger partial charge is 0.369 e. The highest BCUT2D eigenvalue weighted by atomic mass is 16.1. The molecule has 2 fully saturated rings. The van der Waals surface area contributed by atoms with Crippen LogP contribution in [0.1, 0.15) is 6.42 Å². The fourth-order valence-corrected chi connectivity index (χ4v) is 2.69. The van der Waals surface area contributed by atoms with Gasteiger partial charge in [-0.1, -0.05) is 6.58 Å². The second-order valence-electron chi connectivity index (χ2n) is 5.15. The average Bonchev–Trinajstić information content (AvgIpc) is 2.48. The molecule has 5 nitrogen and oxygen atoms in total. The highest BCUT2D eigenvalue weighted by Gasteiger charge is 2.19. The number of anilines is 2. The van der Waals surface area contributed by atoms with Crippen LogP contribution in [0.4, 0.5) is 11.4 Å². The molecule has 0 radical (unpaired) electrons. The monoisotopic (exact) mass is 272 g/mol. The Balaban J connectivity index is 1.72. The van der Waals surface area contributed by atoms with Gasteiger partial charge >= 0.3 is 0 Å². The van der Waals surface area contributed by atoms with Gasteiger partial charge in [-0.2, -0.15) is 0 Å². The van der Waals surface area contributed by atoms with Crippen LogP contribution in [-0.4, -0.2) is 38.6 Å². The number of nitrogens with one attached hydrogen (secondary N) is 2. The van der Waals surface area contributed by atoms with E-state index >= 15 is 0 Å². The van der Waals surface area contributed by atoms with Crippen molar-refractivity contribution in [3.63, 3.8) is 0 Å². The highest BCUT2D eigenvalue weighted by molar-refractivity contribution is 5.81. The van der Waals surface area contributed by atoms with Crippen LogP contribution in [0, 0.1) is 0 Å². The smallest absolute Gasteiger partial charge is 0.227 e. The van der Waals surface area contributed by atoms with Gasteiger partial charge in [-0.3, -0.25) is 4.79 Å². The van der Waals surface area contributed by atoms with Crippen LogP contribution in [0.5, 0.6) is 0 Å². The lowest BCUT2D eigenvalue weighted by molar-refractivity contribution is -0.120. The summed E-state index contributed by atoms with van der Waals surface area (Å²) in [5.41, 5.74) is 2.33. The average molecular weight is 272 g/mol. The van der Waals surface area contributed by atoms with Gasteiger partial charge < -0.3 is 20.4 Å². The number of piperazine rings is 1. The number of amides is 1. The molecule has 106 valence electrons. The first kappa shape index (κ1) is 13.0. The second kappa shape index (κ2) is 5.54. The number of carbonyl (C=O) groups is 1. The van der Waals surface area contributed by atoms with E-state index in [0.717, 1.165) is 31.9 Å². The minimum atomic E-state index is 0.0451. The number of carbonyl (C=O) groups excluding carboxylic acids is 1. The SMILES string of the molecule is C=C1NC(=O)CCN1c1ccc(N2CCNCC2)cc1. The number of nitrogens with zero attached hydrogens (tertiary/aromatic N) is 2. The quantitative estimate of drug-likeness (QED) is 0.839. The summed E-state index contributed by atoms with van der Waals surface area (Å²) < 4.78 is 0. The molecule has 2 aliphatic heterocycles. The Hall–Kier alpha value is -2.01. The number of hydrogen-bond donors (Lipinski definition) is 2. The van der Waals surface area contributed by atoms with E-state index in [4.69, 9.17) is 0 Å². The summed E-state index contributed by atoms with van der Waals surface area (Å²) in [6, 6.07) is 8.48. The van der Waals surface area contributed by atoms with E-state index in [9.17, 15) is 4.79 Å². The van der Waals surface area contributed by atoms with Gasteiger partial charge in [0.2, 0.25) is 5.91 Å². The number of hydrogen-bond acceptors (Lipinski definition) is 4. The van der Waals surface area contributed by atoms with Crippen LogP contribution in [0.25, 0.3) is 0 Å². The molecule has 0 bridgehead atoms. The summed E-state index contributed by atoms with van der Waals surface area (Å²) in [4.78, 5) is 15.7. The first-order valence-electron chi connectivity index (χ1n) is 7.06. The highest BCUT2D eigenvalue weighted by Crippen LogP contribution is 2.24. The first-order valence-corrected chi connectivity index (χ1v) is 7.06. The molecule has 0 spiro atoms. The lowest BCUT2D eigenvalue weighted by atomic mass is 10.2. The predicted molar refractivity (Wildman–Crippen MR) is 80.8 cm³/mol. The van der Waals surface area contributed by atoms with Crippen molar-refractivity contribution in [1.29, 1.82) is 0 Å². The molecule has 1 aromatic rings. The maximum atomic E-state index is 11.3. The van der Waals surface area contributed by atoms with Gasteiger partial charge in [0.1, 0.15) is 5.82 Å². The molecule has 1 aromatic carbocycles. The predicted octanol–water partition coefficient (Wildman–Crippen LogP) is 0.894. The van der Waals surface area contributed by atoms with Gasteiger partial charge in [-0.15, -0.1) is 0 Å². The molecule has 2 aliphatic rings. The van der Waals surface area contributed by atoms with E-state index in [2.05, 4.69) is 46.4 Å². The summed E-state index contributed by atoms with van der Waals surface area (Å²) in [7, 11) is 0. The molecule has 2 saturated heterocycles. The Labute approximate surface area is 119 Å². The molecule has 0 unspecified atom stereocenters. The van der Waals surface area contributed by atoms with E-state index in [1.165, 1.54) is 5.69 Å². The molecular weight excluding hydrogens is 252 g/mol. The molecule has 2 heterocycles. The standard InChI is InChI=1S/C15H20N4O/c1-12-17-15(20)6-9-19(12)14-4-2-13(3-5-14)18-10-7-16-8-11-18/h2-5,16H,1,6-11H2,(H,17,20). The topological polar surface area (TPSA) is 47.6 Å². The molecule has 0 aromatic heterocycles. The van der Waals surface area contributed by atoms with E-state index in [1.807, 2.05) is 4.90 Å². The third-order valence-corrected chi connectivity index (χ3v) is 3.82. The zero-order chi connectivity index (χ0) is 13.9. The normalized spacial score (nSPS) is 20.0. The van der Waals surface area contributed by atoms with Gasteiger partial charge in [-0.05, 0) is 24.3 Å². The zero-order valence-corrected chi connectivity index (χ0v) is 11.6. The Bertz CT molecular complexity index is 505. The molecule has 0 saturated carbocycles. The van der Waals surface area contributed by atoms with Crippen molar-refractivity contribution < 1.29 is 4.79 Å². The summed E-state index contributed by atoms with van der Waals surface area (Å²) >= 11 is 0. The Morgan fingerprint density at radius 1 is 1.00 bits per heavy atom. The van der Waals surface area contributed by atoms with Crippen molar-refractivity contribution in [1.82, 2.24) is 10.6 Å². The van der Waals surface area contributed by atoms with E-state index < -0.39 is 0 Å².